The lowest BCUT2D eigenvalue weighted by molar-refractivity contribution is -0.0226. The van der Waals surface area contributed by atoms with Crippen LogP contribution in [0.4, 0.5) is 10.1 Å². The number of nitrogens with one attached hydrogen (secondary N) is 2. The highest BCUT2D eigenvalue weighted by atomic mass is 19.1. The molecule has 3 aromatic heterocycles. The van der Waals surface area contributed by atoms with Crippen molar-refractivity contribution >= 4 is 23.9 Å². The van der Waals surface area contributed by atoms with E-state index in [1.54, 1.807) is 29.2 Å². The molecule has 1 saturated carbocycles. The van der Waals surface area contributed by atoms with Gasteiger partial charge in [-0.15, -0.1) is 0 Å². The number of anilines is 1. The normalized spacial score (nSPS) is 18.0. The average molecular weight is 452 g/mol. The van der Waals surface area contributed by atoms with Gasteiger partial charge in [-0.05, 0) is 44.9 Å². The van der Waals surface area contributed by atoms with Gasteiger partial charge in [0.1, 0.15) is 17.3 Å². The monoisotopic (exact) mass is 452 g/mol. The number of rotatable bonds is 9. The molecule has 3 aromatic rings. The minimum absolute atomic E-state index is 0.121. The van der Waals surface area contributed by atoms with E-state index in [2.05, 4.69) is 32.6 Å². The summed E-state index contributed by atoms with van der Waals surface area (Å²) in [4.78, 5) is 17.1. The number of hydrogen-bond acceptors (Lipinski definition) is 7. The van der Waals surface area contributed by atoms with Gasteiger partial charge in [-0.3, -0.25) is 19.9 Å². The summed E-state index contributed by atoms with van der Waals surface area (Å²) in [6, 6.07) is 5.94. The summed E-state index contributed by atoms with van der Waals surface area (Å²) in [6.45, 7) is 7.78. The predicted octanol–water partition coefficient (Wildman–Crippen LogP) is 4.24. The second kappa shape index (κ2) is 9.78. The number of amides is 1. The summed E-state index contributed by atoms with van der Waals surface area (Å²) in [5, 5.41) is 11.0. The summed E-state index contributed by atoms with van der Waals surface area (Å²) >= 11 is 0. The molecule has 1 aliphatic carbocycles. The number of furan rings is 1. The number of aromatic nitrogens is 3. The minimum Gasteiger partial charge on any atom is -0.451 e. The summed E-state index contributed by atoms with van der Waals surface area (Å²) in [5.74, 6) is -0.264. The molecule has 0 unspecified atom stereocenters. The van der Waals surface area contributed by atoms with E-state index in [0.717, 1.165) is 18.4 Å². The van der Waals surface area contributed by atoms with E-state index >= 15 is 0 Å². The number of carbonyl (C=O) groups is 1. The van der Waals surface area contributed by atoms with Gasteiger partial charge in [-0.1, -0.05) is 0 Å². The smallest absolute Gasteiger partial charge is 0.291 e. The molecule has 0 spiro atoms. The third kappa shape index (κ3) is 5.01. The number of hydrazone groups is 1. The summed E-state index contributed by atoms with van der Waals surface area (Å²) in [6.07, 6.45) is 6.55. The van der Waals surface area contributed by atoms with Crippen LogP contribution >= 0.6 is 0 Å². The van der Waals surface area contributed by atoms with Gasteiger partial charge < -0.3 is 14.5 Å². The van der Waals surface area contributed by atoms with Gasteiger partial charge in [0.05, 0.1) is 23.5 Å². The maximum atomic E-state index is 13.8. The van der Waals surface area contributed by atoms with Crippen molar-refractivity contribution in [2.45, 2.75) is 38.8 Å². The Labute approximate surface area is 190 Å². The van der Waals surface area contributed by atoms with Gasteiger partial charge in [0.15, 0.2) is 5.76 Å². The van der Waals surface area contributed by atoms with Crippen LogP contribution in [0.3, 0.4) is 0 Å². The molecular formula is C23H25FN6O3. The first-order valence-electron chi connectivity index (χ1n) is 10.6. The van der Waals surface area contributed by atoms with Crippen molar-refractivity contribution in [3.05, 3.63) is 60.2 Å². The molecule has 9 nitrogen and oxygen atoms in total. The maximum Gasteiger partial charge on any atom is 0.291 e. The zero-order valence-corrected chi connectivity index (χ0v) is 18.4. The van der Waals surface area contributed by atoms with Crippen LogP contribution in [0.5, 0.6) is 0 Å². The highest BCUT2D eigenvalue weighted by Gasteiger charge is 2.32. The van der Waals surface area contributed by atoms with Crippen molar-refractivity contribution in [2.75, 3.05) is 11.9 Å². The predicted molar refractivity (Wildman–Crippen MR) is 122 cm³/mol. The van der Waals surface area contributed by atoms with Crippen molar-refractivity contribution in [3.8, 4) is 11.4 Å². The summed E-state index contributed by atoms with van der Waals surface area (Å²) in [5.41, 5.74) is 4.49. The molecule has 0 saturated heterocycles. The van der Waals surface area contributed by atoms with E-state index in [4.69, 9.17) is 9.15 Å². The number of carbonyl (C=O) groups excluding carboxylic acids is 1. The van der Waals surface area contributed by atoms with Crippen LogP contribution in [0.1, 0.15) is 49.0 Å². The molecule has 0 aromatic carbocycles. The van der Waals surface area contributed by atoms with Gasteiger partial charge in [0.2, 0.25) is 0 Å². The number of allylic oxidation sites excluding steroid dienone is 1. The van der Waals surface area contributed by atoms with Gasteiger partial charge >= 0.3 is 0 Å². The molecule has 0 radical (unpaired) electrons. The van der Waals surface area contributed by atoms with Crippen LogP contribution in [0.2, 0.25) is 0 Å². The standard InChI is InChI=1S/C23H25FN6O3/c1-4-32-17-10-16(11-17)30-13-19(22(29-30)18-9-15(24)7-8-26-18)28-23(31)21-6-5-20(33-21)14(2)12-27-25-3/h5-9,12-13,16-17,27H,3-4,10-11H2,1-2H3,(H,28,31)/b14-12+. The Morgan fingerprint density at radius 1 is 1.39 bits per heavy atom. The Balaban J connectivity index is 1.58. The second-order valence-corrected chi connectivity index (χ2v) is 7.67. The van der Waals surface area contributed by atoms with Crippen LogP contribution < -0.4 is 10.7 Å². The molecule has 1 amide bonds. The van der Waals surface area contributed by atoms with Gasteiger partial charge in [-0.25, -0.2) is 4.39 Å². The fourth-order valence-electron chi connectivity index (χ4n) is 3.59. The lowest BCUT2D eigenvalue weighted by atomic mass is 9.89. The molecule has 172 valence electrons. The Kier molecular flexibility index (Phi) is 6.64. The Bertz CT molecular complexity index is 1180. The minimum atomic E-state index is -0.457. The largest absolute Gasteiger partial charge is 0.451 e. The quantitative estimate of drug-likeness (QED) is 0.372. The zero-order chi connectivity index (χ0) is 23.4. The second-order valence-electron chi connectivity index (χ2n) is 7.67. The third-order valence-corrected chi connectivity index (χ3v) is 5.38. The van der Waals surface area contributed by atoms with Crippen molar-refractivity contribution in [3.63, 3.8) is 0 Å². The first kappa shape index (κ1) is 22.4. The van der Waals surface area contributed by atoms with Gasteiger partial charge in [0, 0.05) is 43.6 Å². The van der Waals surface area contributed by atoms with E-state index in [1.165, 1.54) is 18.3 Å². The Morgan fingerprint density at radius 2 is 2.18 bits per heavy atom. The SMILES string of the molecule is C=NN/C=C(\C)c1ccc(C(=O)Nc2cn(C3CC(OCC)C3)nc2-c2cc(F)ccn2)o1. The van der Waals surface area contributed by atoms with E-state index in [0.29, 0.717) is 29.4 Å². The van der Waals surface area contributed by atoms with Crippen LogP contribution in [0.15, 0.2) is 52.4 Å². The lowest BCUT2D eigenvalue weighted by Crippen LogP contribution is -2.33. The Hall–Kier alpha value is -3.79. The molecule has 4 rings (SSSR count). The Morgan fingerprint density at radius 3 is 2.91 bits per heavy atom. The molecule has 1 fully saturated rings. The van der Waals surface area contributed by atoms with Crippen LogP contribution in [-0.4, -0.2) is 40.1 Å². The summed E-state index contributed by atoms with van der Waals surface area (Å²) in [7, 11) is 0. The highest BCUT2D eigenvalue weighted by Crippen LogP contribution is 2.37. The number of pyridine rings is 1. The molecule has 3 heterocycles. The van der Waals surface area contributed by atoms with Crippen molar-refractivity contribution in [1.29, 1.82) is 0 Å². The number of halogens is 1. The molecule has 0 bridgehead atoms. The highest BCUT2D eigenvalue weighted by molar-refractivity contribution is 6.04. The van der Waals surface area contributed by atoms with Crippen LogP contribution in [0.25, 0.3) is 17.0 Å². The zero-order valence-electron chi connectivity index (χ0n) is 18.4. The van der Waals surface area contributed by atoms with Crippen LogP contribution in [0, 0.1) is 5.82 Å². The van der Waals surface area contributed by atoms with Gasteiger partial charge in [-0.2, -0.15) is 10.2 Å². The van der Waals surface area contributed by atoms with Crippen molar-refractivity contribution in [2.24, 2.45) is 5.10 Å². The first-order chi connectivity index (χ1) is 16.0. The topological polar surface area (TPSA) is 107 Å². The van der Waals surface area contributed by atoms with Crippen molar-refractivity contribution < 1.29 is 18.3 Å². The fourth-order valence-corrected chi connectivity index (χ4v) is 3.59. The van der Waals surface area contributed by atoms with E-state index < -0.39 is 11.7 Å². The fraction of sp³-hybridized carbons (Fsp3) is 0.304. The molecular weight excluding hydrogens is 427 g/mol. The number of ether oxygens (including phenoxy) is 1. The summed E-state index contributed by atoms with van der Waals surface area (Å²) < 4.78 is 26.9. The van der Waals surface area contributed by atoms with Crippen molar-refractivity contribution in [1.82, 2.24) is 20.2 Å². The average Bonchev–Trinajstić information content (AvgIpc) is 3.42. The lowest BCUT2D eigenvalue weighted by Gasteiger charge is -2.34. The van der Waals surface area contributed by atoms with Gasteiger partial charge in [0.25, 0.3) is 5.91 Å². The molecule has 0 atom stereocenters. The molecule has 10 heteroatoms. The molecule has 2 N–H and O–H groups in total. The number of hydrogen-bond donors (Lipinski definition) is 2. The maximum absolute atomic E-state index is 13.8. The molecule has 1 aliphatic rings. The van der Waals surface area contributed by atoms with E-state index in [1.807, 2.05) is 13.8 Å². The molecule has 33 heavy (non-hydrogen) atoms. The molecule has 0 aliphatic heterocycles. The number of nitrogens with zero attached hydrogens (tertiary/aromatic N) is 4. The van der Waals surface area contributed by atoms with E-state index in [9.17, 15) is 9.18 Å². The van der Waals surface area contributed by atoms with Crippen LogP contribution in [-0.2, 0) is 4.74 Å². The van der Waals surface area contributed by atoms with E-state index in [-0.39, 0.29) is 17.9 Å². The first-order valence-corrected chi connectivity index (χ1v) is 10.6. The third-order valence-electron chi connectivity index (χ3n) is 5.38.